The van der Waals surface area contributed by atoms with E-state index in [1.54, 1.807) is 13.8 Å². The van der Waals surface area contributed by atoms with Crippen LogP contribution in [0.3, 0.4) is 0 Å². The summed E-state index contributed by atoms with van der Waals surface area (Å²) in [6, 6.07) is 8.22. The van der Waals surface area contributed by atoms with Gasteiger partial charge in [0.15, 0.2) is 0 Å². The highest BCUT2D eigenvalue weighted by Crippen LogP contribution is 2.30. The first-order valence-electron chi connectivity index (χ1n) is 5.57. The van der Waals surface area contributed by atoms with Crippen molar-refractivity contribution in [2.75, 3.05) is 18.0 Å². The van der Waals surface area contributed by atoms with Crippen molar-refractivity contribution in [3.63, 3.8) is 0 Å². The molecule has 16 heavy (non-hydrogen) atoms. The number of para-hydroxylation sites is 1. The Balaban J connectivity index is 2.18. The number of aliphatic carboxylic acids is 1. The summed E-state index contributed by atoms with van der Waals surface area (Å²) in [7, 11) is 0. The third-order valence-electron chi connectivity index (χ3n) is 3.15. The molecule has 0 spiro atoms. The second-order valence-corrected chi connectivity index (χ2v) is 4.99. The van der Waals surface area contributed by atoms with Crippen molar-refractivity contribution >= 4 is 11.7 Å². The van der Waals surface area contributed by atoms with E-state index in [0.717, 1.165) is 13.0 Å². The summed E-state index contributed by atoms with van der Waals surface area (Å²) in [6.07, 6.45) is 1.02. The minimum atomic E-state index is -0.739. The van der Waals surface area contributed by atoms with Gasteiger partial charge in [0.25, 0.3) is 0 Å². The number of hydrogen-bond acceptors (Lipinski definition) is 2. The third-order valence-corrected chi connectivity index (χ3v) is 3.15. The van der Waals surface area contributed by atoms with E-state index in [-0.39, 0.29) is 0 Å². The Hall–Kier alpha value is -1.51. The van der Waals surface area contributed by atoms with Crippen LogP contribution in [0, 0.1) is 5.41 Å². The first-order valence-corrected chi connectivity index (χ1v) is 5.57. The van der Waals surface area contributed by atoms with E-state index >= 15 is 0 Å². The fourth-order valence-corrected chi connectivity index (χ4v) is 2.12. The molecular weight excluding hydrogens is 202 g/mol. The first-order chi connectivity index (χ1) is 7.50. The lowest BCUT2D eigenvalue weighted by Gasteiger charge is -2.28. The average molecular weight is 219 g/mol. The molecule has 1 heterocycles. The van der Waals surface area contributed by atoms with Gasteiger partial charge in [-0.1, -0.05) is 18.2 Å². The fraction of sp³-hybridized carbons (Fsp3) is 0.462. The summed E-state index contributed by atoms with van der Waals surface area (Å²) in [5, 5.41) is 9.12. The van der Waals surface area contributed by atoms with Gasteiger partial charge in [0.2, 0.25) is 0 Å². The van der Waals surface area contributed by atoms with Crippen LogP contribution in [0.5, 0.6) is 0 Å². The summed E-state index contributed by atoms with van der Waals surface area (Å²) in [4.78, 5) is 13.3. The van der Waals surface area contributed by atoms with Gasteiger partial charge in [-0.15, -0.1) is 0 Å². The highest BCUT2D eigenvalue weighted by Gasteiger charge is 2.32. The number of carboxylic acid groups (broad SMARTS) is 1. The van der Waals surface area contributed by atoms with Crippen LogP contribution in [0.1, 0.15) is 19.4 Å². The van der Waals surface area contributed by atoms with Crippen molar-refractivity contribution in [3.8, 4) is 0 Å². The van der Waals surface area contributed by atoms with Crippen LogP contribution in [-0.2, 0) is 11.2 Å². The van der Waals surface area contributed by atoms with Crippen LogP contribution in [0.2, 0.25) is 0 Å². The quantitative estimate of drug-likeness (QED) is 0.847. The first kappa shape index (κ1) is 11.0. The van der Waals surface area contributed by atoms with Gasteiger partial charge in [0.05, 0.1) is 5.41 Å². The summed E-state index contributed by atoms with van der Waals surface area (Å²) >= 11 is 0. The van der Waals surface area contributed by atoms with Crippen molar-refractivity contribution in [2.24, 2.45) is 5.41 Å². The van der Waals surface area contributed by atoms with Gasteiger partial charge in [-0.3, -0.25) is 4.79 Å². The smallest absolute Gasteiger partial charge is 0.310 e. The molecule has 0 saturated heterocycles. The molecular formula is C13H17NO2. The predicted octanol–water partition coefficient (Wildman–Crippen LogP) is 2.16. The number of carboxylic acids is 1. The summed E-state index contributed by atoms with van der Waals surface area (Å²) in [5.74, 6) is -0.739. The molecule has 1 aliphatic heterocycles. The maximum Gasteiger partial charge on any atom is 0.310 e. The van der Waals surface area contributed by atoms with Crippen LogP contribution in [-0.4, -0.2) is 24.2 Å². The minimum Gasteiger partial charge on any atom is -0.481 e. The van der Waals surface area contributed by atoms with Crippen LogP contribution in [0.4, 0.5) is 5.69 Å². The van der Waals surface area contributed by atoms with Crippen molar-refractivity contribution in [3.05, 3.63) is 29.8 Å². The van der Waals surface area contributed by atoms with E-state index < -0.39 is 11.4 Å². The van der Waals surface area contributed by atoms with Gasteiger partial charge in [-0.2, -0.15) is 0 Å². The Labute approximate surface area is 95.7 Å². The van der Waals surface area contributed by atoms with Gasteiger partial charge >= 0.3 is 5.97 Å². The Kier molecular flexibility index (Phi) is 2.62. The second-order valence-electron chi connectivity index (χ2n) is 4.99. The van der Waals surface area contributed by atoms with E-state index in [1.165, 1.54) is 11.3 Å². The largest absolute Gasteiger partial charge is 0.481 e. The molecule has 0 fully saturated rings. The lowest BCUT2D eigenvalue weighted by atomic mass is 9.93. The number of fused-ring (bicyclic) bond motifs is 1. The van der Waals surface area contributed by atoms with E-state index in [2.05, 4.69) is 17.0 Å². The lowest BCUT2D eigenvalue weighted by Crippen LogP contribution is -2.38. The average Bonchev–Trinajstić information content (AvgIpc) is 2.61. The van der Waals surface area contributed by atoms with E-state index in [0.29, 0.717) is 6.54 Å². The summed E-state index contributed by atoms with van der Waals surface area (Å²) < 4.78 is 0. The van der Waals surface area contributed by atoms with Crippen molar-refractivity contribution in [2.45, 2.75) is 20.3 Å². The molecule has 0 unspecified atom stereocenters. The van der Waals surface area contributed by atoms with Crippen molar-refractivity contribution in [1.82, 2.24) is 0 Å². The molecule has 1 aromatic rings. The van der Waals surface area contributed by atoms with Gasteiger partial charge < -0.3 is 10.0 Å². The topological polar surface area (TPSA) is 40.5 Å². The summed E-state index contributed by atoms with van der Waals surface area (Å²) in [6.45, 7) is 5.04. The van der Waals surface area contributed by atoms with E-state index in [1.807, 2.05) is 12.1 Å². The van der Waals surface area contributed by atoms with Gasteiger partial charge in [0, 0.05) is 18.8 Å². The van der Waals surface area contributed by atoms with Gasteiger partial charge in [-0.25, -0.2) is 0 Å². The molecule has 0 aliphatic carbocycles. The molecule has 2 rings (SSSR count). The number of nitrogens with zero attached hydrogens (tertiary/aromatic N) is 1. The fourth-order valence-electron chi connectivity index (χ4n) is 2.12. The standard InChI is InChI=1S/C13H17NO2/c1-13(2,12(15)16)9-14-8-7-10-5-3-4-6-11(10)14/h3-6H,7-9H2,1-2H3,(H,15,16). The Morgan fingerprint density at radius 2 is 2.12 bits per heavy atom. The maximum absolute atomic E-state index is 11.1. The van der Waals surface area contributed by atoms with E-state index in [9.17, 15) is 4.79 Å². The molecule has 0 radical (unpaired) electrons. The molecule has 1 aliphatic rings. The molecule has 0 atom stereocenters. The normalized spacial score (nSPS) is 15.0. The van der Waals surface area contributed by atoms with Gasteiger partial charge in [0.1, 0.15) is 0 Å². The molecule has 1 aromatic carbocycles. The molecule has 0 saturated carbocycles. The molecule has 0 amide bonds. The Bertz CT molecular complexity index is 412. The SMILES string of the molecule is CC(C)(CN1CCc2ccccc21)C(=O)O. The van der Waals surface area contributed by atoms with Crippen LogP contribution in [0.15, 0.2) is 24.3 Å². The zero-order valence-electron chi connectivity index (χ0n) is 9.73. The molecule has 1 N–H and O–H groups in total. The zero-order valence-corrected chi connectivity index (χ0v) is 9.73. The number of benzene rings is 1. The minimum absolute atomic E-state index is 0.569. The van der Waals surface area contributed by atoms with Crippen LogP contribution >= 0.6 is 0 Å². The highest BCUT2D eigenvalue weighted by atomic mass is 16.4. The zero-order chi connectivity index (χ0) is 11.8. The molecule has 3 heteroatoms. The molecule has 0 bridgehead atoms. The van der Waals surface area contributed by atoms with Gasteiger partial charge in [-0.05, 0) is 31.9 Å². The monoisotopic (exact) mass is 219 g/mol. The number of rotatable bonds is 3. The maximum atomic E-state index is 11.1. The number of hydrogen-bond donors (Lipinski definition) is 1. The third kappa shape index (κ3) is 1.90. The highest BCUT2D eigenvalue weighted by molar-refractivity contribution is 5.75. The van der Waals surface area contributed by atoms with E-state index in [4.69, 9.17) is 5.11 Å². The van der Waals surface area contributed by atoms with Crippen molar-refractivity contribution < 1.29 is 9.90 Å². The Morgan fingerprint density at radius 3 is 2.81 bits per heavy atom. The summed E-state index contributed by atoms with van der Waals surface area (Å²) in [5.41, 5.74) is 1.82. The van der Waals surface area contributed by atoms with Crippen molar-refractivity contribution in [1.29, 1.82) is 0 Å². The lowest BCUT2D eigenvalue weighted by molar-refractivity contribution is -0.146. The molecule has 86 valence electrons. The Morgan fingerprint density at radius 1 is 1.44 bits per heavy atom. The number of anilines is 1. The predicted molar refractivity (Wildman–Crippen MR) is 63.8 cm³/mol. The molecule has 0 aromatic heterocycles. The second kappa shape index (κ2) is 3.81. The molecule has 3 nitrogen and oxygen atoms in total. The van der Waals surface area contributed by atoms with Crippen LogP contribution < -0.4 is 4.90 Å². The van der Waals surface area contributed by atoms with Crippen LogP contribution in [0.25, 0.3) is 0 Å². The number of carbonyl (C=O) groups is 1.